The number of rotatable bonds is 4. The Morgan fingerprint density at radius 1 is 1.19 bits per heavy atom. The van der Waals surface area contributed by atoms with E-state index in [2.05, 4.69) is 16.8 Å². The number of carbonyl (C=O) groups excluding carboxylic acids is 2. The molecule has 0 saturated carbocycles. The van der Waals surface area contributed by atoms with Gasteiger partial charge in [-0.2, -0.15) is 0 Å². The molecule has 5 nitrogen and oxygen atoms in total. The fourth-order valence-corrected chi connectivity index (χ4v) is 3.83. The molecule has 1 fully saturated rings. The van der Waals surface area contributed by atoms with Gasteiger partial charge in [0.1, 0.15) is 0 Å². The number of anilines is 2. The second kappa shape index (κ2) is 6.91. The minimum absolute atomic E-state index is 0.122. The first-order valence-corrected chi connectivity index (χ1v) is 9.38. The van der Waals surface area contributed by atoms with E-state index >= 15 is 0 Å². The molecule has 0 radical (unpaired) electrons. The lowest BCUT2D eigenvalue weighted by Crippen LogP contribution is -2.24. The van der Waals surface area contributed by atoms with Crippen molar-refractivity contribution >= 4 is 34.1 Å². The highest BCUT2D eigenvalue weighted by Crippen LogP contribution is 2.28. The van der Waals surface area contributed by atoms with Crippen molar-refractivity contribution in [3.8, 4) is 0 Å². The summed E-state index contributed by atoms with van der Waals surface area (Å²) >= 11 is 0. The average molecular weight is 361 g/mol. The van der Waals surface area contributed by atoms with Crippen molar-refractivity contribution < 1.29 is 9.59 Å². The molecule has 0 spiro atoms. The average Bonchev–Trinajstić information content (AvgIpc) is 3.25. The molecule has 0 unspecified atom stereocenters. The van der Waals surface area contributed by atoms with Gasteiger partial charge in [0.05, 0.1) is 5.56 Å². The number of para-hydroxylation sites is 1. The summed E-state index contributed by atoms with van der Waals surface area (Å²) in [5, 5.41) is 3.95. The van der Waals surface area contributed by atoms with Gasteiger partial charge in [-0.05, 0) is 50.1 Å². The lowest BCUT2D eigenvalue weighted by Gasteiger charge is -2.19. The molecule has 2 heterocycles. The molecule has 1 N–H and O–H groups in total. The molecule has 2 amide bonds. The molecular formula is C22H23N3O2. The number of nitrogens with one attached hydrogen (secondary N) is 1. The molecule has 5 heteroatoms. The minimum Gasteiger partial charge on any atom is -0.347 e. The number of hydrogen-bond donors (Lipinski definition) is 1. The summed E-state index contributed by atoms with van der Waals surface area (Å²) in [6.07, 6.45) is 3.42. The topological polar surface area (TPSA) is 54.3 Å². The van der Waals surface area contributed by atoms with Crippen molar-refractivity contribution in [1.82, 2.24) is 4.57 Å². The second-order valence-corrected chi connectivity index (χ2v) is 6.95. The van der Waals surface area contributed by atoms with Gasteiger partial charge < -0.3 is 14.8 Å². The second-order valence-electron chi connectivity index (χ2n) is 6.95. The summed E-state index contributed by atoms with van der Waals surface area (Å²) in [5.74, 6) is 0.0464. The molecule has 4 rings (SSSR count). The van der Waals surface area contributed by atoms with Crippen LogP contribution in [0.1, 0.15) is 35.7 Å². The normalized spacial score (nSPS) is 14.1. The van der Waals surface area contributed by atoms with Crippen LogP contribution in [-0.4, -0.2) is 22.9 Å². The SMILES string of the molecule is CCn1cc(C(=O)Nc2ccc(N3CCCC3=O)c(C)c2)c2ccccc21. The van der Waals surface area contributed by atoms with E-state index in [1.807, 2.05) is 60.5 Å². The first-order valence-electron chi connectivity index (χ1n) is 9.38. The van der Waals surface area contributed by atoms with Gasteiger partial charge in [0.25, 0.3) is 5.91 Å². The van der Waals surface area contributed by atoms with E-state index in [1.165, 1.54) is 0 Å². The minimum atomic E-state index is -0.122. The van der Waals surface area contributed by atoms with Crippen molar-refractivity contribution in [3.05, 3.63) is 59.8 Å². The van der Waals surface area contributed by atoms with E-state index in [9.17, 15) is 9.59 Å². The largest absolute Gasteiger partial charge is 0.347 e. The van der Waals surface area contributed by atoms with Crippen LogP contribution < -0.4 is 10.2 Å². The van der Waals surface area contributed by atoms with Gasteiger partial charge in [0.15, 0.2) is 0 Å². The van der Waals surface area contributed by atoms with Gasteiger partial charge in [-0.25, -0.2) is 0 Å². The van der Waals surface area contributed by atoms with Crippen LogP contribution in [0.15, 0.2) is 48.7 Å². The van der Waals surface area contributed by atoms with Crippen LogP contribution in [0.5, 0.6) is 0 Å². The summed E-state index contributed by atoms with van der Waals surface area (Å²) < 4.78 is 2.08. The van der Waals surface area contributed by atoms with Gasteiger partial charge in [0.2, 0.25) is 5.91 Å². The standard InChI is InChI=1S/C22H23N3O2/c1-3-24-14-18(17-7-4-5-8-20(17)24)22(27)23-16-10-11-19(15(2)13-16)25-12-6-9-21(25)26/h4-5,7-8,10-11,13-14H,3,6,9,12H2,1-2H3,(H,23,27). The third-order valence-corrected chi connectivity index (χ3v) is 5.19. The van der Waals surface area contributed by atoms with E-state index in [0.717, 1.165) is 47.4 Å². The van der Waals surface area contributed by atoms with Crippen molar-refractivity contribution in [2.75, 3.05) is 16.8 Å². The number of amides is 2. The van der Waals surface area contributed by atoms with Gasteiger partial charge in [-0.15, -0.1) is 0 Å². The first kappa shape index (κ1) is 17.3. The maximum Gasteiger partial charge on any atom is 0.257 e. The fourth-order valence-electron chi connectivity index (χ4n) is 3.83. The quantitative estimate of drug-likeness (QED) is 0.751. The molecule has 27 heavy (non-hydrogen) atoms. The van der Waals surface area contributed by atoms with Crippen LogP contribution in [0, 0.1) is 6.92 Å². The molecule has 0 atom stereocenters. The lowest BCUT2D eigenvalue weighted by molar-refractivity contribution is -0.117. The van der Waals surface area contributed by atoms with Gasteiger partial charge in [-0.3, -0.25) is 9.59 Å². The Bertz CT molecular complexity index is 1040. The summed E-state index contributed by atoms with van der Waals surface area (Å²) in [4.78, 5) is 26.7. The lowest BCUT2D eigenvalue weighted by atomic mass is 10.1. The molecule has 1 saturated heterocycles. The number of benzene rings is 2. The van der Waals surface area contributed by atoms with Gasteiger partial charge >= 0.3 is 0 Å². The van der Waals surface area contributed by atoms with Crippen LogP contribution in [0.2, 0.25) is 0 Å². The van der Waals surface area contributed by atoms with Crippen LogP contribution in [0.3, 0.4) is 0 Å². The summed E-state index contributed by atoms with van der Waals surface area (Å²) in [5.41, 5.74) is 4.38. The molecule has 0 aliphatic carbocycles. The monoisotopic (exact) mass is 361 g/mol. The number of carbonyl (C=O) groups is 2. The number of fused-ring (bicyclic) bond motifs is 1. The van der Waals surface area contributed by atoms with E-state index in [0.29, 0.717) is 12.0 Å². The zero-order valence-corrected chi connectivity index (χ0v) is 15.7. The molecule has 1 aromatic heterocycles. The predicted molar refractivity (Wildman–Crippen MR) is 108 cm³/mol. The molecule has 138 valence electrons. The Labute approximate surface area is 158 Å². The highest BCUT2D eigenvalue weighted by atomic mass is 16.2. The Balaban J connectivity index is 1.60. The van der Waals surface area contributed by atoms with Crippen molar-refractivity contribution in [2.45, 2.75) is 33.2 Å². The van der Waals surface area contributed by atoms with Crippen molar-refractivity contribution in [1.29, 1.82) is 0 Å². The van der Waals surface area contributed by atoms with Crippen LogP contribution in [-0.2, 0) is 11.3 Å². The third-order valence-electron chi connectivity index (χ3n) is 5.19. The van der Waals surface area contributed by atoms with Gasteiger partial charge in [-0.1, -0.05) is 18.2 Å². The van der Waals surface area contributed by atoms with Crippen molar-refractivity contribution in [2.24, 2.45) is 0 Å². The van der Waals surface area contributed by atoms with E-state index < -0.39 is 0 Å². The fraction of sp³-hybridized carbons (Fsp3) is 0.273. The zero-order chi connectivity index (χ0) is 19.0. The Hall–Kier alpha value is -3.08. The number of aryl methyl sites for hydroxylation is 2. The number of aromatic nitrogens is 1. The highest BCUT2D eigenvalue weighted by molar-refractivity contribution is 6.13. The maximum absolute atomic E-state index is 12.9. The van der Waals surface area contributed by atoms with Crippen LogP contribution in [0.25, 0.3) is 10.9 Å². The number of hydrogen-bond acceptors (Lipinski definition) is 2. The smallest absolute Gasteiger partial charge is 0.257 e. The number of nitrogens with zero attached hydrogens (tertiary/aromatic N) is 2. The molecule has 1 aliphatic heterocycles. The first-order chi connectivity index (χ1) is 13.1. The molecule has 2 aromatic carbocycles. The summed E-state index contributed by atoms with van der Waals surface area (Å²) in [6.45, 7) is 5.61. The van der Waals surface area contributed by atoms with Crippen LogP contribution in [0.4, 0.5) is 11.4 Å². The van der Waals surface area contributed by atoms with E-state index in [-0.39, 0.29) is 11.8 Å². The highest BCUT2D eigenvalue weighted by Gasteiger charge is 2.23. The van der Waals surface area contributed by atoms with Crippen molar-refractivity contribution in [3.63, 3.8) is 0 Å². The predicted octanol–water partition coefficient (Wildman–Crippen LogP) is 4.35. The Kier molecular flexibility index (Phi) is 4.44. The molecule has 1 aliphatic rings. The summed E-state index contributed by atoms with van der Waals surface area (Å²) in [6, 6.07) is 13.7. The van der Waals surface area contributed by atoms with E-state index in [1.54, 1.807) is 0 Å². The molecular weight excluding hydrogens is 338 g/mol. The Morgan fingerprint density at radius 3 is 2.70 bits per heavy atom. The third kappa shape index (κ3) is 3.10. The van der Waals surface area contributed by atoms with E-state index in [4.69, 9.17) is 0 Å². The maximum atomic E-state index is 12.9. The summed E-state index contributed by atoms with van der Waals surface area (Å²) in [7, 11) is 0. The Morgan fingerprint density at radius 2 is 2.00 bits per heavy atom. The van der Waals surface area contributed by atoms with Crippen LogP contribution >= 0.6 is 0 Å². The van der Waals surface area contributed by atoms with Gasteiger partial charge in [0, 0.05) is 48.0 Å². The molecule has 0 bridgehead atoms. The zero-order valence-electron chi connectivity index (χ0n) is 15.7. The molecule has 3 aromatic rings.